The summed E-state index contributed by atoms with van der Waals surface area (Å²) in [5.74, 6) is -0.00929. The number of piperidine rings is 1. The van der Waals surface area contributed by atoms with Crippen molar-refractivity contribution in [3.8, 4) is 5.75 Å². The van der Waals surface area contributed by atoms with Crippen molar-refractivity contribution in [3.05, 3.63) is 29.3 Å². The first-order valence-corrected chi connectivity index (χ1v) is 7.01. The highest BCUT2D eigenvalue weighted by Crippen LogP contribution is 2.36. The van der Waals surface area contributed by atoms with E-state index in [1.54, 1.807) is 7.11 Å². The maximum atomic E-state index is 11.1. The molecule has 0 spiro atoms. The number of likely N-dealkylation sites (tertiary alicyclic amines) is 1. The van der Waals surface area contributed by atoms with E-state index in [4.69, 9.17) is 9.84 Å². The topological polar surface area (TPSA) is 49.8 Å². The maximum Gasteiger partial charge on any atom is 0.307 e. The standard InChI is InChI=1S/C16H19NO3.ClH/c1-20-14-5-4-11-7-13(15(11)8-14)10-17-6-2-3-12(9-17)16(18)19;/h4-5,7-8,12H,2-3,6,9-10H2,1H3,(H,18,19);1H. The molecule has 1 aliphatic carbocycles. The summed E-state index contributed by atoms with van der Waals surface area (Å²) < 4.78 is 5.25. The Morgan fingerprint density at radius 3 is 3.00 bits per heavy atom. The molecule has 1 aromatic rings. The Labute approximate surface area is 130 Å². The average molecular weight is 310 g/mol. The summed E-state index contributed by atoms with van der Waals surface area (Å²) in [7, 11) is 1.67. The molecule has 0 amide bonds. The summed E-state index contributed by atoms with van der Waals surface area (Å²) in [6.45, 7) is 2.48. The Morgan fingerprint density at radius 2 is 2.29 bits per heavy atom. The SMILES string of the molecule is COc1ccc2c(c1)C(CN1CCCC(C(=O)O)C1)=C2.Cl. The van der Waals surface area contributed by atoms with E-state index in [1.165, 1.54) is 16.7 Å². The van der Waals surface area contributed by atoms with Gasteiger partial charge in [-0.2, -0.15) is 0 Å². The molecule has 1 aromatic carbocycles. The molecule has 4 nitrogen and oxygen atoms in total. The van der Waals surface area contributed by atoms with Crippen LogP contribution in [-0.4, -0.2) is 42.7 Å². The van der Waals surface area contributed by atoms with E-state index in [1.807, 2.05) is 6.07 Å². The summed E-state index contributed by atoms with van der Waals surface area (Å²) in [6.07, 6.45) is 3.95. The van der Waals surface area contributed by atoms with Crippen molar-refractivity contribution in [1.29, 1.82) is 0 Å². The molecule has 1 heterocycles. The van der Waals surface area contributed by atoms with Gasteiger partial charge in [-0.25, -0.2) is 0 Å². The number of aliphatic carboxylic acids is 1. The Morgan fingerprint density at radius 1 is 1.48 bits per heavy atom. The highest BCUT2D eigenvalue weighted by molar-refractivity contribution is 5.96. The molecule has 0 saturated carbocycles. The molecule has 2 aliphatic rings. The van der Waals surface area contributed by atoms with Crippen molar-refractivity contribution in [2.75, 3.05) is 26.7 Å². The number of hydrogen-bond donors (Lipinski definition) is 1. The van der Waals surface area contributed by atoms with Crippen LogP contribution >= 0.6 is 12.4 Å². The first kappa shape index (κ1) is 15.9. The van der Waals surface area contributed by atoms with Crippen molar-refractivity contribution in [3.63, 3.8) is 0 Å². The lowest BCUT2D eigenvalue weighted by molar-refractivity contribution is -0.143. The predicted molar refractivity (Wildman–Crippen MR) is 84.9 cm³/mol. The van der Waals surface area contributed by atoms with E-state index >= 15 is 0 Å². The maximum absolute atomic E-state index is 11.1. The minimum Gasteiger partial charge on any atom is -0.497 e. The third-order valence-corrected chi connectivity index (χ3v) is 4.18. The highest BCUT2D eigenvalue weighted by atomic mass is 35.5. The average Bonchev–Trinajstić information content (AvgIpc) is 2.45. The summed E-state index contributed by atoms with van der Waals surface area (Å²) in [5.41, 5.74) is 3.76. The number of ether oxygens (including phenoxy) is 1. The van der Waals surface area contributed by atoms with Crippen LogP contribution in [0.2, 0.25) is 0 Å². The number of methoxy groups -OCH3 is 1. The first-order chi connectivity index (χ1) is 9.67. The molecule has 1 atom stereocenters. The fourth-order valence-electron chi connectivity index (χ4n) is 3.03. The Balaban J connectivity index is 0.00000161. The van der Waals surface area contributed by atoms with Gasteiger partial charge in [-0.15, -0.1) is 12.4 Å². The van der Waals surface area contributed by atoms with Crippen LogP contribution in [0, 0.1) is 5.92 Å². The van der Waals surface area contributed by atoms with Gasteiger partial charge in [0, 0.05) is 13.1 Å². The van der Waals surface area contributed by atoms with E-state index < -0.39 is 5.97 Å². The van der Waals surface area contributed by atoms with Crippen molar-refractivity contribution in [2.24, 2.45) is 5.92 Å². The summed E-state index contributed by atoms with van der Waals surface area (Å²) >= 11 is 0. The zero-order valence-corrected chi connectivity index (χ0v) is 12.9. The molecule has 1 aliphatic heterocycles. The van der Waals surface area contributed by atoms with Crippen molar-refractivity contribution < 1.29 is 14.6 Å². The molecule has 1 N–H and O–H groups in total. The van der Waals surface area contributed by atoms with Crippen LogP contribution in [0.25, 0.3) is 11.6 Å². The largest absolute Gasteiger partial charge is 0.497 e. The number of rotatable bonds is 4. The van der Waals surface area contributed by atoms with Gasteiger partial charge in [0.1, 0.15) is 5.75 Å². The molecular formula is C16H20ClNO3. The number of nitrogens with zero attached hydrogens (tertiary/aromatic N) is 1. The predicted octanol–water partition coefficient (Wildman–Crippen LogP) is 2.77. The van der Waals surface area contributed by atoms with Gasteiger partial charge < -0.3 is 9.84 Å². The Hall–Kier alpha value is -1.52. The van der Waals surface area contributed by atoms with E-state index in [-0.39, 0.29) is 18.3 Å². The number of halogens is 1. The lowest BCUT2D eigenvalue weighted by atomic mass is 9.87. The molecule has 5 heteroatoms. The molecule has 1 unspecified atom stereocenters. The third-order valence-electron chi connectivity index (χ3n) is 4.18. The quantitative estimate of drug-likeness (QED) is 0.929. The van der Waals surface area contributed by atoms with E-state index in [0.717, 1.165) is 31.7 Å². The fourth-order valence-corrected chi connectivity index (χ4v) is 3.03. The number of fused-ring (bicyclic) bond motifs is 1. The van der Waals surface area contributed by atoms with Gasteiger partial charge in [0.2, 0.25) is 0 Å². The van der Waals surface area contributed by atoms with Crippen LogP contribution in [0.1, 0.15) is 24.0 Å². The van der Waals surface area contributed by atoms with Gasteiger partial charge in [-0.05, 0) is 54.3 Å². The molecule has 114 valence electrons. The zero-order valence-electron chi connectivity index (χ0n) is 12.0. The van der Waals surface area contributed by atoms with Crippen molar-refractivity contribution >= 4 is 30.0 Å². The van der Waals surface area contributed by atoms with Gasteiger partial charge in [0.05, 0.1) is 13.0 Å². The zero-order chi connectivity index (χ0) is 14.1. The van der Waals surface area contributed by atoms with E-state index in [0.29, 0.717) is 6.54 Å². The molecule has 0 radical (unpaired) electrons. The van der Waals surface area contributed by atoms with E-state index in [2.05, 4.69) is 23.1 Å². The minimum atomic E-state index is -0.667. The van der Waals surface area contributed by atoms with Gasteiger partial charge >= 0.3 is 5.97 Å². The highest BCUT2D eigenvalue weighted by Gasteiger charge is 2.27. The second-order valence-corrected chi connectivity index (χ2v) is 5.54. The Kier molecular flexibility index (Phi) is 4.91. The molecule has 21 heavy (non-hydrogen) atoms. The van der Waals surface area contributed by atoms with Crippen LogP contribution in [0.5, 0.6) is 5.75 Å². The van der Waals surface area contributed by atoms with Gasteiger partial charge in [-0.1, -0.05) is 6.07 Å². The van der Waals surface area contributed by atoms with Crippen LogP contribution < -0.4 is 4.74 Å². The lowest BCUT2D eigenvalue weighted by Gasteiger charge is -2.33. The molecule has 0 aromatic heterocycles. The van der Waals surface area contributed by atoms with Gasteiger partial charge in [0.25, 0.3) is 0 Å². The normalized spacial score (nSPS) is 20.6. The van der Waals surface area contributed by atoms with Crippen molar-refractivity contribution in [2.45, 2.75) is 12.8 Å². The van der Waals surface area contributed by atoms with Crippen molar-refractivity contribution in [1.82, 2.24) is 4.90 Å². The number of carbonyl (C=O) groups is 1. The third kappa shape index (κ3) is 3.22. The lowest BCUT2D eigenvalue weighted by Crippen LogP contribution is -2.39. The monoisotopic (exact) mass is 309 g/mol. The Bertz CT molecular complexity index is 571. The fraction of sp³-hybridized carbons (Fsp3) is 0.438. The number of hydrogen-bond acceptors (Lipinski definition) is 3. The summed E-state index contributed by atoms with van der Waals surface area (Å²) in [5, 5.41) is 9.13. The van der Waals surface area contributed by atoms with Gasteiger partial charge in [0.15, 0.2) is 0 Å². The number of benzene rings is 1. The first-order valence-electron chi connectivity index (χ1n) is 7.01. The minimum absolute atomic E-state index is 0. The number of carboxylic acids is 1. The summed E-state index contributed by atoms with van der Waals surface area (Å²) in [4.78, 5) is 13.3. The molecule has 1 fully saturated rings. The second-order valence-electron chi connectivity index (χ2n) is 5.54. The molecule has 1 saturated heterocycles. The molecule has 0 bridgehead atoms. The van der Waals surface area contributed by atoms with Crippen LogP contribution in [0.3, 0.4) is 0 Å². The smallest absolute Gasteiger partial charge is 0.307 e. The van der Waals surface area contributed by atoms with Crippen LogP contribution in [0.15, 0.2) is 18.2 Å². The second kappa shape index (κ2) is 6.50. The number of carboxylic acid groups (broad SMARTS) is 1. The van der Waals surface area contributed by atoms with Crippen LogP contribution in [0.4, 0.5) is 0 Å². The molecule has 3 rings (SSSR count). The molecular weight excluding hydrogens is 290 g/mol. The van der Waals surface area contributed by atoms with E-state index in [9.17, 15) is 4.79 Å². The van der Waals surface area contributed by atoms with Gasteiger partial charge in [-0.3, -0.25) is 9.69 Å². The summed E-state index contributed by atoms with van der Waals surface area (Å²) in [6, 6.07) is 6.09. The van der Waals surface area contributed by atoms with Crippen LogP contribution in [-0.2, 0) is 4.79 Å².